The summed E-state index contributed by atoms with van der Waals surface area (Å²) in [6.07, 6.45) is 1.17. The Morgan fingerprint density at radius 3 is 3.00 bits per heavy atom. The molecule has 0 saturated heterocycles. The quantitative estimate of drug-likeness (QED) is 0.761. The molecule has 0 radical (unpaired) electrons. The Morgan fingerprint density at radius 2 is 2.29 bits per heavy atom. The highest BCUT2D eigenvalue weighted by molar-refractivity contribution is 5.59. The van der Waals surface area contributed by atoms with Crippen molar-refractivity contribution < 1.29 is 0 Å². The summed E-state index contributed by atoms with van der Waals surface area (Å²) in [6, 6.07) is 7.36. The van der Waals surface area contributed by atoms with Gasteiger partial charge in [-0.2, -0.15) is 0 Å². The summed E-state index contributed by atoms with van der Waals surface area (Å²) >= 11 is 0. The average molecular weight is 190 g/mol. The maximum absolute atomic E-state index is 3.25. The lowest BCUT2D eigenvalue weighted by Gasteiger charge is -2.22. The van der Waals surface area contributed by atoms with E-state index < -0.39 is 0 Å². The van der Waals surface area contributed by atoms with Gasteiger partial charge in [-0.3, -0.25) is 0 Å². The van der Waals surface area contributed by atoms with Crippen LogP contribution in [0, 0.1) is 6.92 Å². The van der Waals surface area contributed by atoms with Gasteiger partial charge in [-0.15, -0.1) is 0 Å². The molecule has 1 aliphatic heterocycles. The molecule has 0 fully saturated rings. The molecule has 0 amide bonds. The highest BCUT2D eigenvalue weighted by atomic mass is 15.2. The number of anilines is 1. The van der Waals surface area contributed by atoms with Gasteiger partial charge < -0.3 is 10.2 Å². The van der Waals surface area contributed by atoms with Gasteiger partial charge in [0.1, 0.15) is 0 Å². The van der Waals surface area contributed by atoms with E-state index in [4.69, 9.17) is 0 Å². The van der Waals surface area contributed by atoms with Crippen molar-refractivity contribution in [1.82, 2.24) is 5.32 Å². The first-order valence-corrected chi connectivity index (χ1v) is 5.19. The van der Waals surface area contributed by atoms with Gasteiger partial charge in [0.05, 0.1) is 0 Å². The summed E-state index contributed by atoms with van der Waals surface area (Å²) in [4.78, 5) is 2.38. The number of rotatable bonds is 2. The van der Waals surface area contributed by atoms with Crippen molar-refractivity contribution in [3.63, 3.8) is 0 Å². The number of hydrogen-bond donors (Lipinski definition) is 1. The number of hydrogen-bond acceptors (Lipinski definition) is 2. The van der Waals surface area contributed by atoms with Crippen LogP contribution in [0.25, 0.3) is 0 Å². The van der Waals surface area contributed by atoms with E-state index in [0.717, 1.165) is 6.54 Å². The minimum Gasteiger partial charge on any atom is -0.370 e. The molecule has 0 saturated carbocycles. The number of likely N-dealkylation sites (N-methyl/N-ethyl adjacent to an activating group) is 2. The van der Waals surface area contributed by atoms with Gasteiger partial charge in [-0.1, -0.05) is 17.7 Å². The fourth-order valence-electron chi connectivity index (χ4n) is 2.25. The molecular formula is C12H18N2. The molecule has 1 N–H and O–H groups in total. The Kier molecular flexibility index (Phi) is 2.46. The standard InChI is InChI=1S/C12H18N2/c1-9-4-5-12-10(6-9)7-11(8-13-2)14(12)3/h4-6,11,13H,7-8H2,1-3H3. The van der Waals surface area contributed by atoms with Crippen LogP contribution in [-0.4, -0.2) is 26.7 Å². The molecule has 2 nitrogen and oxygen atoms in total. The Balaban J connectivity index is 2.26. The Morgan fingerprint density at radius 1 is 1.50 bits per heavy atom. The van der Waals surface area contributed by atoms with E-state index in [1.807, 2.05) is 7.05 Å². The first-order chi connectivity index (χ1) is 6.72. The van der Waals surface area contributed by atoms with Gasteiger partial charge in [-0.25, -0.2) is 0 Å². The molecule has 1 atom stereocenters. The Labute approximate surface area is 85.9 Å². The third kappa shape index (κ3) is 1.50. The zero-order valence-corrected chi connectivity index (χ0v) is 9.17. The Hall–Kier alpha value is -1.02. The molecule has 2 rings (SSSR count). The second-order valence-electron chi connectivity index (χ2n) is 4.16. The van der Waals surface area contributed by atoms with Crippen molar-refractivity contribution in [2.75, 3.05) is 25.5 Å². The second-order valence-corrected chi connectivity index (χ2v) is 4.16. The van der Waals surface area contributed by atoms with Crippen LogP contribution >= 0.6 is 0 Å². The number of aryl methyl sites for hydroxylation is 1. The van der Waals surface area contributed by atoms with E-state index in [0.29, 0.717) is 6.04 Å². The molecule has 0 spiro atoms. The molecule has 0 bridgehead atoms. The fraction of sp³-hybridized carbons (Fsp3) is 0.500. The van der Waals surface area contributed by atoms with Crippen molar-refractivity contribution in [3.05, 3.63) is 29.3 Å². The normalized spacial score (nSPS) is 19.9. The topological polar surface area (TPSA) is 15.3 Å². The minimum atomic E-state index is 0.622. The maximum Gasteiger partial charge on any atom is 0.0452 e. The summed E-state index contributed by atoms with van der Waals surface area (Å²) in [5.41, 5.74) is 4.26. The number of nitrogens with one attached hydrogen (secondary N) is 1. The van der Waals surface area contributed by atoms with Crippen LogP contribution in [0.4, 0.5) is 5.69 Å². The predicted molar refractivity (Wildman–Crippen MR) is 61.0 cm³/mol. The molecule has 1 unspecified atom stereocenters. The average Bonchev–Trinajstić information content (AvgIpc) is 2.44. The SMILES string of the molecule is CNCC1Cc2cc(C)ccc2N1C. The van der Waals surface area contributed by atoms with Crippen LogP contribution in [-0.2, 0) is 6.42 Å². The third-order valence-corrected chi connectivity index (χ3v) is 3.06. The second kappa shape index (κ2) is 3.62. The molecule has 1 aromatic rings. The van der Waals surface area contributed by atoms with Gasteiger partial charge in [0.2, 0.25) is 0 Å². The van der Waals surface area contributed by atoms with Crippen LogP contribution < -0.4 is 10.2 Å². The van der Waals surface area contributed by atoms with Crippen LogP contribution in [0.15, 0.2) is 18.2 Å². The van der Waals surface area contributed by atoms with Gasteiger partial charge >= 0.3 is 0 Å². The van der Waals surface area contributed by atoms with E-state index in [1.54, 1.807) is 0 Å². The first-order valence-electron chi connectivity index (χ1n) is 5.19. The highest BCUT2D eigenvalue weighted by Crippen LogP contribution is 2.30. The van der Waals surface area contributed by atoms with Crippen LogP contribution in [0.3, 0.4) is 0 Å². The number of nitrogens with zero attached hydrogens (tertiary/aromatic N) is 1. The molecule has 2 heteroatoms. The van der Waals surface area contributed by atoms with Gasteiger partial charge in [0.15, 0.2) is 0 Å². The van der Waals surface area contributed by atoms with Gasteiger partial charge in [0.25, 0.3) is 0 Å². The molecule has 0 aliphatic carbocycles. The van der Waals surface area contributed by atoms with Crippen molar-refractivity contribution in [1.29, 1.82) is 0 Å². The lowest BCUT2D eigenvalue weighted by molar-refractivity contribution is 0.614. The lowest BCUT2D eigenvalue weighted by Crippen LogP contribution is -2.36. The zero-order valence-electron chi connectivity index (χ0n) is 9.17. The lowest BCUT2D eigenvalue weighted by atomic mass is 10.1. The summed E-state index contributed by atoms with van der Waals surface area (Å²) < 4.78 is 0. The van der Waals surface area contributed by atoms with E-state index in [1.165, 1.54) is 23.2 Å². The monoisotopic (exact) mass is 190 g/mol. The smallest absolute Gasteiger partial charge is 0.0452 e. The van der Waals surface area contributed by atoms with Crippen LogP contribution in [0.1, 0.15) is 11.1 Å². The van der Waals surface area contributed by atoms with E-state index >= 15 is 0 Å². The van der Waals surface area contributed by atoms with E-state index in [2.05, 4.69) is 42.4 Å². The van der Waals surface area contributed by atoms with Crippen molar-refractivity contribution >= 4 is 5.69 Å². The van der Waals surface area contributed by atoms with Crippen molar-refractivity contribution in [2.45, 2.75) is 19.4 Å². The predicted octanol–water partition coefficient (Wildman–Crippen LogP) is 1.58. The molecule has 1 aliphatic rings. The molecular weight excluding hydrogens is 172 g/mol. The largest absolute Gasteiger partial charge is 0.370 e. The summed E-state index contributed by atoms with van der Waals surface area (Å²) in [7, 11) is 4.20. The maximum atomic E-state index is 3.25. The minimum absolute atomic E-state index is 0.622. The van der Waals surface area contributed by atoms with Gasteiger partial charge in [0, 0.05) is 25.3 Å². The molecule has 0 aromatic heterocycles. The molecule has 1 heterocycles. The van der Waals surface area contributed by atoms with Crippen LogP contribution in [0.5, 0.6) is 0 Å². The van der Waals surface area contributed by atoms with Crippen molar-refractivity contribution in [2.24, 2.45) is 0 Å². The van der Waals surface area contributed by atoms with E-state index in [9.17, 15) is 0 Å². The number of fused-ring (bicyclic) bond motifs is 1. The highest BCUT2D eigenvalue weighted by Gasteiger charge is 2.25. The first kappa shape index (κ1) is 9.53. The Bertz CT molecular complexity index is 333. The summed E-state index contributed by atoms with van der Waals surface area (Å²) in [6.45, 7) is 3.22. The third-order valence-electron chi connectivity index (χ3n) is 3.06. The fourth-order valence-corrected chi connectivity index (χ4v) is 2.25. The summed E-state index contributed by atoms with van der Waals surface area (Å²) in [5.74, 6) is 0. The van der Waals surface area contributed by atoms with E-state index in [-0.39, 0.29) is 0 Å². The van der Waals surface area contributed by atoms with Crippen molar-refractivity contribution in [3.8, 4) is 0 Å². The number of benzene rings is 1. The molecule has 1 aromatic carbocycles. The zero-order chi connectivity index (χ0) is 10.1. The summed E-state index contributed by atoms with van der Waals surface area (Å²) in [5, 5.41) is 3.25. The molecule has 76 valence electrons. The van der Waals surface area contributed by atoms with Crippen LogP contribution in [0.2, 0.25) is 0 Å². The molecule has 14 heavy (non-hydrogen) atoms. The van der Waals surface area contributed by atoms with Gasteiger partial charge in [-0.05, 0) is 32.0 Å².